The SMILES string of the molecule is CCOC1CCC(Nc2nc(Nc3ccc(N4CCOCC4)cc3C)nc3nc[nH]c23)CC1. The van der Waals surface area contributed by atoms with Crippen LogP contribution in [0.4, 0.5) is 23.1 Å². The summed E-state index contributed by atoms with van der Waals surface area (Å²) >= 11 is 0. The molecule has 0 spiro atoms. The van der Waals surface area contributed by atoms with Gasteiger partial charge >= 0.3 is 0 Å². The van der Waals surface area contributed by atoms with E-state index in [1.165, 1.54) is 5.69 Å². The summed E-state index contributed by atoms with van der Waals surface area (Å²) in [7, 11) is 0. The van der Waals surface area contributed by atoms with Crippen LogP contribution in [0.25, 0.3) is 11.2 Å². The summed E-state index contributed by atoms with van der Waals surface area (Å²) < 4.78 is 11.3. The van der Waals surface area contributed by atoms with Crippen LogP contribution in [-0.2, 0) is 9.47 Å². The van der Waals surface area contributed by atoms with E-state index in [1.807, 2.05) is 0 Å². The smallest absolute Gasteiger partial charge is 0.231 e. The van der Waals surface area contributed by atoms with Crippen LogP contribution < -0.4 is 15.5 Å². The molecule has 3 N–H and O–H groups in total. The monoisotopic (exact) mass is 451 g/mol. The van der Waals surface area contributed by atoms with Crippen molar-refractivity contribution in [3.05, 3.63) is 30.1 Å². The molecular weight excluding hydrogens is 418 g/mol. The van der Waals surface area contributed by atoms with Crippen molar-refractivity contribution in [2.24, 2.45) is 0 Å². The molecule has 0 radical (unpaired) electrons. The highest BCUT2D eigenvalue weighted by molar-refractivity contribution is 5.84. The lowest BCUT2D eigenvalue weighted by molar-refractivity contribution is 0.0346. The first kappa shape index (κ1) is 21.9. The average Bonchev–Trinajstić information content (AvgIpc) is 3.31. The Morgan fingerprint density at radius 2 is 1.97 bits per heavy atom. The number of aromatic amines is 1. The van der Waals surface area contributed by atoms with E-state index in [2.05, 4.69) is 62.5 Å². The van der Waals surface area contributed by atoms with Crippen LogP contribution in [0.15, 0.2) is 24.5 Å². The Morgan fingerprint density at radius 3 is 2.73 bits per heavy atom. The molecule has 176 valence electrons. The highest BCUT2D eigenvalue weighted by Crippen LogP contribution is 2.29. The Bertz CT molecular complexity index is 1070. The van der Waals surface area contributed by atoms with Crippen LogP contribution in [0.5, 0.6) is 0 Å². The first-order chi connectivity index (χ1) is 16.2. The second-order valence-corrected chi connectivity index (χ2v) is 8.79. The van der Waals surface area contributed by atoms with E-state index in [0.29, 0.717) is 23.7 Å². The number of nitrogens with zero attached hydrogens (tertiary/aromatic N) is 4. The summed E-state index contributed by atoms with van der Waals surface area (Å²) in [6.07, 6.45) is 6.32. The van der Waals surface area contributed by atoms with Crippen LogP contribution in [0.1, 0.15) is 38.2 Å². The van der Waals surface area contributed by atoms with E-state index in [-0.39, 0.29) is 0 Å². The van der Waals surface area contributed by atoms with Gasteiger partial charge in [-0.05, 0) is 63.3 Å². The van der Waals surface area contributed by atoms with Crippen LogP contribution in [0.3, 0.4) is 0 Å². The van der Waals surface area contributed by atoms with Gasteiger partial charge in [-0.3, -0.25) is 0 Å². The number of morpholine rings is 1. The van der Waals surface area contributed by atoms with Gasteiger partial charge in [-0.25, -0.2) is 4.98 Å². The van der Waals surface area contributed by atoms with Gasteiger partial charge in [0.2, 0.25) is 5.95 Å². The second kappa shape index (κ2) is 9.93. The molecule has 2 fully saturated rings. The molecule has 0 bridgehead atoms. The Labute approximate surface area is 194 Å². The van der Waals surface area contributed by atoms with Gasteiger partial charge in [-0.2, -0.15) is 9.97 Å². The van der Waals surface area contributed by atoms with E-state index in [1.54, 1.807) is 6.33 Å². The molecular formula is C24H33N7O2. The Hall–Kier alpha value is -2.91. The van der Waals surface area contributed by atoms with Crippen molar-refractivity contribution in [2.75, 3.05) is 48.4 Å². The molecule has 2 aromatic heterocycles. The predicted molar refractivity (Wildman–Crippen MR) is 130 cm³/mol. The van der Waals surface area contributed by atoms with Crippen LogP contribution in [0.2, 0.25) is 0 Å². The van der Waals surface area contributed by atoms with Gasteiger partial charge in [0.15, 0.2) is 11.5 Å². The number of imidazole rings is 1. The molecule has 3 aromatic rings. The molecule has 5 rings (SSSR count). The number of aryl methyl sites for hydroxylation is 1. The number of aromatic nitrogens is 4. The summed E-state index contributed by atoms with van der Waals surface area (Å²) in [5, 5.41) is 7.04. The van der Waals surface area contributed by atoms with Crippen LogP contribution >= 0.6 is 0 Å². The summed E-state index contributed by atoms with van der Waals surface area (Å²) in [6.45, 7) is 8.35. The van der Waals surface area contributed by atoms with Crippen LogP contribution in [-0.4, -0.2) is 65.0 Å². The molecule has 3 heterocycles. The minimum Gasteiger partial charge on any atom is -0.379 e. The fourth-order valence-electron chi connectivity index (χ4n) is 4.72. The fourth-order valence-corrected chi connectivity index (χ4v) is 4.72. The molecule has 33 heavy (non-hydrogen) atoms. The van der Waals surface area contributed by atoms with Crippen molar-refractivity contribution in [3.63, 3.8) is 0 Å². The quantitative estimate of drug-likeness (QED) is 0.496. The number of hydrogen-bond donors (Lipinski definition) is 3. The normalized spacial score (nSPS) is 21.3. The summed E-state index contributed by atoms with van der Waals surface area (Å²) in [5.41, 5.74) is 4.85. The summed E-state index contributed by atoms with van der Waals surface area (Å²) in [4.78, 5) is 19.4. The van der Waals surface area contributed by atoms with E-state index in [4.69, 9.17) is 14.5 Å². The average molecular weight is 452 g/mol. The second-order valence-electron chi connectivity index (χ2n) is 8.79. The molecule has 9 heteroatoms. The molecule has 0 atom stereocenters. The molecule has 0 amide bonds. The minimum atomic E-state index is 0.366. The highest BCUT2D eigenvalue weighted by Gasteiger charge is 2.23. The van der Waals surface area contributed by atoms with Crippen molar-refractivity contribution >= 4 is 34.3 Å². The third kappa shape index (κ3) is 5.04. The topological polar surface area (TPSA) is 100 Å². The van der Waals surface area contributed by atoms with Gasteiger partial charge in [0, 0.05) is 37.1 Å². The van der Waals surface area contributed by atoms with Crippen molar-refractivity contribution in [2.45, 2.75) is 51.7 Å². The van der Waals surface area contributed by atoms with Crippen LogP contribution in [0, 0.1) is 6.92 Å². The maximum atomic E-state index is 5.79. The molecule has 1 saturated heterocycles. The third-order valence-electron chi connectivity index (χ3n) is 6.54. The summed E-state index contributed by atoms with van der Waals surface area (Å²) in [5.74, 6) is 1.34. The van der Waals surface area contributed by atoms with Gasteiger partial charge in [0.25, 0.3) is 0 Å². The molecule has 1 aliphatic heterocycles. The Balaban J connectivity index is 1.32. The fraction of sp³-hybridized carbons (Fsp3) is 0.542. The zero-order valence-corrected chi connectivity index (χ0v) is 19.4. The van der Waals surface area contributed by atoms with E-state index in [9.17, 15) is 0 Å². The zero-order chi connectivity index (χ0) is 22.6. The Morgan fingerprint density at radius 1 is 1.15 bits per heavy atom. The predicted octanol–water partition coefficient (Wildman–Crippen LogP) is 4.00. The van der Waals surface area contributed by atoms with Crippen molar-refractivity contribution in [3.8, 4) is 0 Å². The lowest BCUT2D eigenvalue weighted by Gasteiger charge is -2.29. The van der Waals surface area contributed by atoms with Gasteiger partial charge in [0.05, 0.1) is 25.6 Å². The van der Waals surface area contributed by atoms with E-state index >= 15 is 0 Å². The maximum Gasteiger partial charge on any atom is 0.231 e. The van der Waals surface area contributed by atoms with Gasteiger partial charge in [-0.1, -0.05) is 0 Å². The minimum absolute atomic E-state index is 0.366. The third-order valence-corrected chi connectivity index (χ3v) is 6.54. The van der Waals surface area contributed by atoms with Crippen molar-refractivity contribution in [1.82, 2.24) is 19.9 Å². The Kier molecular flexibility index (Phi) is 6.59. The zero-order valence-electron chi connectivity index (χ0n) is 19.4. The number of ether oxygens (including phenoxy) is 2. The molecule has 1 aliphatic carbocycles. The molecule has 9 nitrogen and oxygen atoms in total. The number of rotatable bonds is 7. The van der Waals surface area contributed by atoms with Gasteiger partial charge in [-0.15, -0.1) is 0 Å². The molecule has 2 aliphatic rings. The summed E-state index contributed by atoms with van der Waals surface area (Å²) in [6, 6.07) is 6.81. The van der Waals surface area contributed by atoms with Crippen molar-refractivity contribution < 1.29 is 9.47 Å². The van der Waals surface area contributed by atoms with Gasteiger partial charge < -0.3 is 30.0 Å². The molecule has 1 saturated carbocycles. The number of hydrogen-bond acceptors (Lipinski definition) is 8. The number of H-pyrrole nitrogens is 1. The lowest BCUT2D eigenvalue weighted by atomic mass is 9.93. The first-order valence-corrected chi connectivity index (χ1v) is 12.0. The lowest BCUT2D eigenvalue weighted by Crippen LogP contribution is -2.36. The highest BCUT2D eigenvalue weighted by atomic mass is 16.5. The standard InChI is InChI=1S/C24H33N7O2/c1-3-33-19-7-4-17(5-8-19)27-23-21-22(26-15-25-21)29-24(30-23)28-20-9-6-18(14-16(20)2)31-10-12-32-13-11-31/h6,9,14-15,17,19H,3-5,7-8,10-13H2,1-2H3,(H3,25,26,27,28,29,30). The van der Waals surface area contributed by atoms with E-state index in [0.717, 1.165) is 81.2 Å². The number of anilines is 4. The van der Waals surface area contributed by atoms with Gasteiger partial charge in [0.1, 0.15) is 5.52 Å². The number of nitrogens with one attached hydrogen (secondary N) is 3. The largest absolute Gasteiger partial charge is 0.379 e. The van der Waals surface area contributed by atoms with E-state index < -0.39 is 0 Å². The van der Waals surface area contributed by atoms with Crippen molar-refractivity contribution in [1.29, 1.82) is 0 Å². The number of fused-ring (bicyclic) bond motifs is 1. The number of benzene rings is 1. The maximum absolute atomic E-state index is 5.79. The molecule has 0 unspecified atom stereocenters. The first-order valence-electron chi connectivity index (χ1n) is 12.0. The molecule has 1 aromatic carbocycles.